The van der Waals surface area contributed by atoms with E-state index < -0.39 is 6.04 Å². The van der Waals surface area contributed by atoms with E-state index in [2.05, 4.69) is 9.97 Å². The van der Waals surface area contributed by atoms with Crippen molar-refractivity contribution in [1.82, 2.24) is 14.9 Å². The molecule has 1 unspecified atom stereocenters. The topological polar surface area (TPSA) is 66.4 Å². The third-order valence-electron chi connectivity index (χ3n) is 4.79. The van der Waals surface area contributed by atoms with Crippen LogP contribution in [0.5, 0.6) is 0 Å². The number of nitrogens with zero attached hydrogens (tertiary/aromatic N) is 4. The first-order chi connectivity index (χ1) is 13.1. The second kappa shape index (κ2) is 6.79. The molecule has 3 heterocycles. The number of amides is 3. The van der Waals surface area contributed by atoms with Gasteiger partial charge in [0, 0.05) is 24.3 Å². The first kappa shape index (κ1) is 17.1. The molecule has 0 N–H and O–H groups in total. The molecule has 1 fully saturated rings. The van der Waals surface area contributed by atoms with E-state index in [1.807, 2.05) is 56.3 Å². The number of urea groups is 1. The summed E-state index contributed by atoms with van der Waals surface area (Å²) in [4.78, 5) is 37.6. The highest BCUT2D eigenvalue weighted by Gasteiger charge is 2.47. The van der Waals surface area contributed by atoms with Crippen LogP contribution >= 0.6 is 0 Å². The Labute approximate surface area is 157 Å². The second-order valence-corrected chi connectivity index (χ2v) is 6.99. The average Bonchev–Trinajstić information content (AvgIpc) is 2.92. The summed E-state index contributed by atoms with van der Waals surface area (Å²) in [6, 6.07) is 14.1. The number of imide groups is 1. The molecular weight excluding hydrogens is 340 g/mol. The number of hydrogen-bond acceptors (Lipinski definition) is 4. The highest BCUT2D eigenvalue weighted by Crippen LogP contribution is 2.30. The Balaban J connectivity index is 1.72. The number of fused-ring (bicyclic) bond motifs is 1. The lowest BCUT2D eigenvalue weighted by molar-refractivity contribution is -0.120. The van der Waals surface area contributed by atoms with Crippen LogP contribution in [0.3, 0.4) is 0 Å². The van der Waals surface area contributed by atoms with Gasteiger partial charge in [-0.3, -0.25) is 9.78 Å². The van der Waals surface area contributed by atoms with E-state index in [9.17, 15) is 9.59 Å². The van der Waals surface area contributed by atoms with Gasteiger partial charge < -0.3 is 4.90 Å². The lowest BCUT2D eigenvalue weighted by atomic mass is 10.0. The minimum absolute atomic E-state index is 0.00579. The first-order valence-corrected chi connectivity index (χ1v) is 8.95. The fourth-order valence-corrected chi connectivity index (χ4v) is 3.49. The first-order valence-electron chi connectivity index (χ1n) is 8.95. The monoisotopic (exact) mass is 360 g/mol. The molecule has 0 spiro atoms. The molecule has 6 heteroatoms. The minimum Gasteiger partial charge on any atom is -0.307 e. The molecule has 2 aromatic heterocycles. The van der Waals surface area contributed by atoms with Crippen molar-refractivity contribution < 1.29 is 9.59 Å². The Morgan fingerprint density at radius 2 is 1.74 bits per heavy atom. The Kier molecular flexibility index (Phi) is 4.32. The van der Waals surface area contributed by atoms with Gasteiger partial charge in [-0.05, 0) is 41.8 Å². The van der Waals surface area contributed by atoms with Gasteiger partial charge in [-0.15, -0.1) is 0 Å². The lowest BCUT2D eigenvalue weighted by Gasteiger charge is -2.24. The van der Waals surface area contributed by atoms with E-state index in [0.717, 1.165) is 16.5 Å². The van der Waals surface area contributed by atoms with Gasteiger partial charge in [-0.2, -0.15) is 0 Å². The molecule has 4 rings (SSSR count). The third kappa shape index (κ3) is 3.03. The van der Waals surface area contributed by atoms with Crippen molar-refractivity contribution in [2.75, 3.05) is 4.90 Å². The van der Waals surface area contributed by atoms with Gasteiger partial charge >= 0.3 is 6.03 Å². The van der Waals surface area contributed by atoms with Gasteiger partial charge in [0.2, 0.25) is 0 Å². The Morgan fingerprint density at radius 1 is 1.00 bits per heavy atom. The average molecular weight is 360 g/mol. The number of hydrogen-bond donors (Lipinski definition) is 0. The Hall–Kier alpha value is -3.28. The van der Waals surface area contributed by atoms with E-state index in [1.165, 1.54) is 4.90 Å². The molecule has 1 aromatic carbocycles. The maximum absolute atomic E-state index is 13.1. The van der Waals surface area contributed by atoms with Crippen molar-refractivity contribution in [3.05, 3.63) is 66.5 Å². The van der Waals surface area contributed by atoms with Gasteiger partial charge in [0.05, 0.1) is 5.52 Å². The van der Waals surface area contributed by atoms with Gasteiger partial charge in [-0.25, -0.2) is 14.7 Å². The SMILES string of the molecule is CC(C)C1C(=O)N(c2ccc3ccccc3n2)C(=O)N1Cc1ccncc1. The molecule has 1 aliphatic rings. The van der Waals surface area contributed by atoms with Crippen LogP contribution < -0.4 is 4.90 Å². The summed E-state index contributed by atoms with van der Waals surface area (Å²) in [6.45, 7) is 4.26. The molecule has 27 heavy (non-hydrogen) atoms. The van der Waals surface area contributed by atoms with Gasteiger partial charge in [0.1, 0.15) is 11.9 Å². The summed E-state index contributed by atoms with van der Waals surface area (Å²) in [6.07, 6.45) is 3.37. The Bertz CT molecular complexity index is 1000. The van der Waals surface area contributed by atoms with Crippen molar-refractivity contribution in [3.8, 4) is 0 Å². The smallest absolute Gasteiger partial charge is 0.307 e. The van der Waals surface area contributed by atoms with Crippen LogP contribution in [0.2, 0.25) is 0 Å². The second-order valence-electron chi connectivity index (χ2n) is 6.99. The van der Waals surface area contributed by atoms with Gasteiger partial charge in [-0.1, -0.05) is 32.0 Å². The number of pyridine rings is 2. The Morgan fingerprint density at radius 3 is 2.48 bits per heavy atom. The number of carbonyl (C=O) groups excluding carboxylic acids is 2. The van der Waals surface area contributed by atoms with Crippen molar-refractivity contribution in [2.45, 2.75) is 26.4 Å². The van der Waals surface area contributed by atoms with Crippen molar-refractivity contribution in [3.63, 3.8) is 0 Å². The predicted molar refractivity (Wildman–Crippen MR) is 103 cm³/mol. The molecule has 1 saturated heterocycles. The standard InChI is InChI=1S/C21H20N4O2/c1-14(2)19-20(26)25(18-8-7-16-5-3-4-6-17(16)23-18)21(27)24(19)13-15-9-11-22-12-10-15/h3-12,14,19H,13H2,1-2H3. The highest BCUT2D eigenvalue weighted by molar-refractivity contribution is 6.21. The minimum atomic E-state index is -0.515. The van der Waals surface area contributed by atoms with Crippen LogP contribution in [0.15, 0.2) is 60.9 Å². The number of para-hydroxylation sites is 1. The van der Waals surface area contributed by atoms with Gasteiger partial charge in [0.25, 0.3) is 5.91 Å². The molecule has 1 aliphatic heterocycles. The molecule has 0 radical (unpaired) electrons. The molecule has 0 aliphatic carbocycles. The number of rotatable bonds is 4. The van der Waals surface area contributed by atoms with Crippen LogP contribution in [-0.4, -0.2) is 32.8 Å². The summed E-state index contributed by atoms with van der Waals surface area (Å²) in [5.41, 5.74) is 1.69. The number of carbonyl (C=O) groups is 2. The van der Waals surface area contributed by atoms with Crippen molar-refractivity contribution in [2.24, 2.45) is 5.92 Å². The highest BCUT2D eigenvalue weighted by atomic mass is 16.2. The number of benzene rings is 1. The van der Waals surface area contributed by atoms with Crippen LogP contribution in [0.4, 0.5) is 10.6 Å². The predicted octanol–water partition coefficient (Wildman–Crippen LogP) is 3.62. The fraction of sp³-hybridized carbons (Fsp3) is 0.238. The third-order valence-corrected chi connectivity index (χ3v) is 4.79. The summed E-state index contributed by atoms with van der Waals surface area (Å²) in [7, 11) is 0. The molecule has 6 nitrogen and oxygen atoms in total. The van der Waals surface area contributed by atoms with Crippen LogP contribution in [0.1, 0.15) is 19.4 Å². The summed E-state index contributed by atoms with van der Waals surface area (Å²) >= 11 is 0. The molecule has 0 saturated carbocycles. The van der Waals surface area contributed by atoms with E-state index >= 15 is 0 Å². The van der Waals surface area contributed by atoms with E-state index in [1.54, 1.807) is 23.4 Å². The van der Waals surface area contributed by atoms with Crippen molar-refractivity contribution >= 4 is 28.7 Å². The van der Waals surface area contributed by atoms with Gasteiger partial charge in [0.15, 0.2) is 0 Å². The molecule has 0 bridgehead atoms. The zero-order chi connectivity index (χ0) is 19.0. The maximum atomic E-state index is 13.1. The summed E-state index contributed by atoms with van der Waals surface area (Å²) < 4.78 is 0. The molecule has 136 valence electrons. The van der Waals surface area contributed by atoms with E-state index in [0.29, 0.717) is 12.4 Å². The molecular formula is C21H20N4O2. The summed E-state index contributed by atoms with van der Waals surface area (Å²) in [5.74, 6) is 0.132. The normalized spacial score (nSPS) is 17.4. The molecule has 1 atom stereocenters. The zero-order valence-corrected chi connectivity index (χ0v) is 15.2. The van der Waals surface area contributed by atoms with E-state index in [4.69, 9.17) is 0 Å². The lowest BCUT2D eigenvalue weighted by Crippen LogP contribution is -2.38. The fourth-order valence-electron chi connectivity index (χ4n) is 3.49. The molecule has 3 amide bonds. The largest absolute Gasteiger partial charge is 0.333 e. The van der Waals surface area contributed by atoms with Crippen LogP contribution in [-0.2, 0) is 11.3 Å². The van der Waals surface area contributed by atoms with E-state index in [-0.39, 0.29) is 17.9 Å². The summed E-state index contributed by atoms with van der Waals surface area (Å²) in [5, 5.41) is 0.967. The number of anilines is 1. The molecule has 3 aromatic rings. The number of aromatic nitrogens is 2. The van der Waals surface area contributed by atoms with Crippen LogP contribution in [0, 0.1) is 5.92 Å². The quantitative estimate of drug-likeness (QED) is 0.667. The zero-order valence-electron chi connectivity index (χ0n) is 15.2. The van der Waals surface area contributed by atoms with Crippen LogP contribution in [0.25, 0.3) is 10.9 Å². The van der Waals surface area contributed by atoms with Crippen molar-refractivity contribution in [1.29, 1.82) is 0 Å². The maximum Gasteiger partial charge on any atom is 0.333 e.